The van der Waals surface area contributed by atoms with Gasteiger partial charge in [-0.3, -0.25) is 0 Å². The van der Waals surface area contributed by atoms with Crippen molar-refractivity contribution < 1.29 is 9.84 Å². The molecule has 1 heterocycles. The number of aliphatic hydroxyl groups excluding tert-OH is 1. The summed E-state index contributed by atoms with van der Waals surface area (Å²) in [5.74, 6) is 0.722. The van der Waals surface area contributed by atoms with Crippen LogP contribution in [0.1, 0.15) is 11.3 Å². The summed E-state index contributed by atoms with van der Waals surface area (Å²) in [6, 6.07) is 10.9. The van der Waals surface area contributed by atoms with Crippen LogP contribution in [0.3, 0.4) is 0 Å². The van der Waals surface area contributed by atoms with Crippen molar-refractivity contribution in [3.63, 3.8) is 0 Å². The van der Waals surface area contributed by atoms with E-state index in [0.717, 1.165) is 11.3 Å². The van der Waals surface area contributed by atoms with Gasteiger partial charge >= 0.3 is 0 Å². The van der Waals surface area contributed by atoms with Gasteiger partial charge in [-0.15, -0.1) is 0 Å². The molecule has 0 radical (unpaired) electrons. The molecule has 0 saturated carbocycles. The Balaban J connectivity index is 2.00. The monoisotopic (exact) mass is 297 g/mol. The Kier molecular flexibility index (Phi) is 5.02. The van der Waals surface area contributed by atoms with Crippen LogP contribution in [0.5, 0.6) is 5.75 Å². The molecule has 19 heavy (non-hydrogen) atoms. The Morgan fingerprint density at radius 3 is 2.47 bits per heavy atom. The molecule has 1 N–H and O–H groups in total. The number of rotatable bonds is 5. The van der Waals surface area contributed by atoms with Crippen LogP contribution in [0.15, 0.2) is 36.4 Å². The van der Waals surface area contributed by atoms with Crippen LogP contribution in [-0.2, 0) is 13.0 Å². The average molecular weight is 298 g/mol. The lowest BCUT2D eigenvalue weighted by atomic mass is 10.1. The highest BCUT2D eigenvalue weighted by atomic mass is 35.5. The normalized spacial score (nSPS) is 10.5. The van der Waals surface area contributed by atoms with Crippen molar-refractivity contribution >= 4 is 23.2 Å². The van der Waals surface area contributed by atoms with E-state index in [1.54, 1.807) is 12.1 Å². The fraction of sp³-hybridized carbons (Fsp3) is 0.214. The van der Waals surface area contributed by atoms with E-state index in [1.165, 1.54) is 0 Å². The first-order valence-electron chi connectivity index (χ1n) is 5.82. The first-order valence-corrected chi connectivity index (χ1v) is 6.58. The van der Waals surface area contributed by atoms with Crippen molar-refractivity contribution in [2.45, 2.75) is 13.0 Å². The zero-order valence-corrected chi connectivity index (χ0v) is 11.7. The van der Waals surface area contributed by atoms with Crippen molar-refractivity contribution in [1.82, 2.24) is 4.98 Å². The number of ether oxygens (including phenoxy) is 1. The summed E-state index contributed by atoms with van der Waals surface area (Å²) < 4.78 is 5.59. The van der Waals surface area contributed by atoms with Crippen molar-refractivity contribution in [3.05, 3.63) is 57.8 Å². The second-order valence-electron chi connectivity index (χ2n) is 3.97. The Labute approximate surface area is 121 Å². The maximum atomic E-state index is 8.83. The number of halogens is 2. The van der Waals surface area contributed by atoms with E-state index in [0.29, 0.717) is 22.3 Å². The highest BCUT2D eigenvalue weighted by Gasteiger charge is 2.04. The zero-order valence-electron chi connectivity index (χ0n) is 10.1. The zero-order chi connectivity index (χ0) is 13.7. The van der Waals surface area contributed by atoms with Crippen molar-refractivity contribution in [2.24, 2.45) is 0 Å². The van der Waals surface area contributed by atoms with Gasteiger partial charge in [-0.2, -0.15) is 0 Å². The van der Waals surface area contributed by atoms with Gasteiger partial charge < -0.3 is 9.84 Å². The predicted octanol–water partition coefficient (Wildman–Crippen LogP) is 3.50. The summed E-state index contributed by atoms with van der Waals surface area (Å²) in [7, 11) is 0. The fourth-order valence-corrected chi connectivity index (χ4v) is 1.92. The Morgan fingerprint density at radius 2 is 1.79 bits per heavy atom. The van der Waals surface area contributed by atoms with E-state index in [2.05, 4.69) is 4.98 Å². The number of hydrogen-bond acceptors (Lipinski definition) is 3. The fourth-order valence-electron chi connectivity index (χ4n) is 1.59. The molecule has 0 unspecified atom stereocenters. The van der Waals surface area contributed by atoms with Crippen LogP contribution in [0, 0.1) is 0 Å². The third-order valence-corrected chi connectivity index (χ3v) is 3.14. The van der Waals surface area contributed by atoms with E-state index in [4.69, 9.17) is 33.0 Å². The van der Waals surface area contributed by atoms with Gasteiger partial charge in [0.1, 0.15) is 17.5 Å². The molecule has 0 aliphatic carbocycles. The molecule has 3 nitrogen and oxygen atoms in total. The lowest BCUT2D eigenvalue weighted by Crippen LogP contribution is -1.99. The third kappa shape index (κ3) is 4.10. The molecule has 0 bridgehead atoms. The van der Waals surface area contributed by atoms with E-state index in [1.807, 2.05) is 24.3 Å². The molecule has 0 aliphatic rings. The lowest BCUT2D eigenvalue weighted by Gasteiger charge is -2.08. The topological polar surface area (TPSA) is 42.4 Å². The summed E-state index contributed by atoms with van der Waals surface area (Å²) in [5, 5.41) is 9.75. The minimum absolute atomic E-state index is 0.141. The van der Waals surface area contributed by atoms with Gasteiger partial charge in [0.15, 0.2) is 0 Å². The second-order valence-corrected chi connectivity index (χ2v) is 4.76. The standard InChI is InChI=1S/C14H13Cl2NO2/c15-12-5-6-14(16)17-13(12)9-19-11-3-1-10(2-4-11)7-8-18/h1-6,18H,7-9H2. The minimum atomic E-state index is 0.141. The Hall–Kier alpha value is -1.29. The molecule has 100 valence electrons. The highest BCUT2D eigenvalue weighted by Crippen LogP contribution is 2.19. The second kappa shape index (κ2) is 6.75. The molecule has 2 aromatic rings. The van der Waals surface area contributed by atoms with Crippen LogP contribution < -0.4 is 4.74 Å². The highest BCUT2D eigenvalue weighted by molar-refractivity contribution is 6.32. The molecule has 5 heteroatoms. The van der Waals surface area contributed by atoms with Crippen LogP contribution in [0.25, 0.3) is 0 Å². The molecule has 0 spiro atoms. The van der Waals surface area contributed by atoms with Gasteiger partial charge in [0, 0.05) is 6.61 Å². The van der Waals surface area contributed by atoms with Crippen molar-refractivity contribution in [3.8, 4) is 5.75 Å². The largest absolute Gasteiger partial charge is 0.487 e. The van der Waals surface area contributed by atoms with Gasteiger partial charge in [0.05, 0.1) is 10.7 Å². The number of pyridine rings is 1. The molecule has 0 fully saturated rings. The summed E-state index contributed by atoms with van der Waals surface area (Å²) in [6.45, 7) is 0.404. The first kappa shape index (κ1) is 14.1. The van der Waals surface area contributed by atoms with E-state index >= 15 is 0 Å². The number of aliphatic hydroxyl groups is 1. The summed E-state index contributed by atoms with van der Waals surface area (Å²) in [6.07, 6.45) is 0.641. The average Bonchev–Trinajstić information content (AvgIpc) is 2.42. The van der Waals surface area contributed by atoms with Crippen LogP contribution >= 0.6 is 23.2 Å². The van der Waals surface area contributed by atoms with Gasteiger partial charge in [0.2, 0.25) is 0 Å². The molecule has 0 saturated heterocycles. The SMILES string of the molecule is OCCc1ccc(OCc2nc(Cl)ccc2Cl)cc1. The maximum Gasteiger partial charge on any atom is 0.132 e. The Morgan fingerprint density at radius 1 is 1.05 bits per heavy atom. The molecule has 1 aromatic heterocycles. The molecular formula is C14H13Cl2NO2. The van der Waals surface area contributed by atoms with Crippen LogP contribution in [0.4, 0.5) is 0 Å². The van der Waals surface area contributed by atoms with Crippen molar-refractivity contribution in [2.75, 3.05) is 6.61 Å². The summed E-state index contributed by atoms with van der Waals surface area (Å²) in [4.78, 5) is 4.11. The van der Waals surface area contributed by atoms with E-state index < -0.39 is 0 Å². The van der Waals surface area contributed by atoms with E-state index in [9.17, 15) is 0 Å². The van der Waals surface area contributed by atoms with Gasteiger partial charge in [-0.25, -0.2) is 4.98 Å². The van der Waals surface area contributed by atoms with Gasteiger partial charge in [0.25, 0.3) is 0 Å². The maximum absolute atomic E-state index is 8.83. The number of hydrogen-bond donors (Lipinski definition) is 1. The predicted molar refractivity (Wildman–Crippen MR) is 75.8 cm³/mol. The first-order chi connectivity index (χ1) is 9.19. The summed E-state index contributed by atoms with van der Waals surface area (Å²) >= 11 is 11.8. The summed E-state index contributed by atoms with van der Waals surface area (Å²) in [5.41, 5.74) is 1.67. The van der Waals surface area contributed by atoms with E-state index in [-0.39, 0.29) is 13.2 Å². The molecule has 1 aromatic carbocycles. The van der Waals surface area contributed by atoms with Crippen LogP contribution in [0.2, 0.25) is 10.2 Å². The lowest BCUT2D eigenvalue weighted by molar-refractivity contribution is 0.297. The van der Waals surface area contributed by atoms with Crippen molar-refractivity contribution in [1.29, 1.82) is 0 Å². The molecule has 0 atom stereocenters. The number of benzene rings is 1. The van der Waals surface area contributed by atoms with Gasteiger partial charge in [-0.1, -0.05) is 35.3 Å². The quantitative estimate of drug-likeness (QED) is 0.859. The third-order valence-electron chi connectivity index (χ3n) is 2.58. The number of aromatic nitrogens is 1. The Bertz CT molecular complexity index is 544. The molecule has 0 aliphatic heterocycles. The minimum Gasteiger partial charge on any atom is -0.487 e. The van der Waals surface area contributed by atoms with Crippen LogP contribution in [-0.4, -0.2) is 16.7 Å². The smallest absolute Gasteiger partial charge is 0.132 e. The van der Waals surface area contributed by atoms with Gasteiger partial charge in [-0.05, 0) is 36.2 Å². The molecular weight excluding hydrogens is 285 g/mol. The number of nitrogens with zero attached hydrogens (tertiary/aromatic N) is 1. The molecule has 0 amide bonds. The molecule has 2 rings (SSSR count).